The number of benzene rings is 1. The van der Waals surface area contributed by atoms with E-state index in [2.05, 4.69) is 22.0 Å². The Morgan fingerprint density at radius 3 is 2.68 bits per heavy atom. The fourth-order valence-electron chi connectivity index (χ4n) is 4.54. The van der Waals surface area contributed by atoms with Gasteiger partial charge >= 0.3 is 5.97 Å². The first kappa shape index (κ1) is 26.2. The first-order valence-corrected chi connectivity index (χ1v) is 14.0. The van der Waals surface area contributed by atoms with Crippen LogP contribution in [0.4, 0.5) is 5.69 Å². The van der Waals surface area contributed by atoms with Crippen molar-refractivity contribution in [1.29, 1.82) is 0 Å². The number of ether oxygens (including phenoxy) is 1. The van der Waals surface area contributed by atoms with Gasteiger partial charge in [0.2, 0.25) is 0 Å². The van der Waals surface area contributed by atoms with Gasteiger partial charge in [0.15, 0.2) is 6.61 Å². The van der Waals surface area contributed by atoms with E-state index in [4.69, 9.17) is 4.74 Å². The molecular weight excluding hydrogens is 454 g/mol. The largest absolute Gasteiger partial charge is 0.455 e. The van der Waals surface area contributed by atoms with Crippen LogP contribution in [0.1, 0.15) is 77.6 Å². The normalized spacial score (nSPS) is 21.1. The smallest absolute Gasteiger partial charge is 0.309 e. The molecule has 0 bridgehead atoms. The molecule has 34 heavy (non-hydrogen) atoms. The molecule has 1 aromatic carbocycles. The summed E-state index contributed by atoms with van der Waals surface area (Å²) in [6.45, 7) is 2.42. The van der Waals surface area contributed by atoms with E-state index in [0.29, 0.717) is 30.4 Å². The molecule has 0 atom stereocenters. The maximum absolute atomic E-state index is 12.7. The molecule has 1 amide bonds. The maximum Gasteiger partial charge on any atom is 0.309 e. The summed E-state index contributed by atoms with van der Waals surface area (Å²) in [5, 5.41) is 2.62. The van der Waals surface area contributed by atoms with E-state index in [-0.39, 0.29) is 23.4 Å². The number of rotatable bonds is 9. The van der Waals surface area contributed by atoms with Crippen molar-refractivity contribution in [2.24, 2.45) is 16.8 Å². The second-order valence-electron chi connectivity index (χ2n) is 9.29. The molecule has 0 spiro atoms. The monoisotopic (exact) mass is 491 g/mol. The lowest BCUT2D eigenvalue weighted by atomic mass is 9.80. The molecule has 1 aromatic rings. The van der Waals surface area contributed by atoms with E-state index in [1.54, 1.807) is 12.1 Å². The average Bonchev–Trinajstić information content (AvgIpc) is 3.10. The summed E-state index contributed by atoms with van der Waals surface area (Å²) in [6, 6.07) is 6.00. The SMILES string of the molecule is CCCCC1CCC(C(=O)OCC(=O)Nc2cccc(S(=O)(=O)NC3=NCCCCC3)c2)CC1. The number of aliphatic imine (C=N–C) groups is 1. The molecule has 2 N–H and O–H groups in total. The molecule has 188 valence electrons. The summed E-state index contributed by atoms with van der Waals surface area (Å²) in [4.78, 5) is 29.0. The Hall–Kier alpha value is -2.42. The van der Waals surface area contributed by atoms with Crippen molar-refractivity contribution < 1.29 is 22.7 Å². The van der Waals surface area contributed by atoms with Gasteiger partial charge in [-0.25, -0.2) is 8.42 Å². The number of amidine groups is 1. The Labute approximate surface area is 203 Å². The van der Waals surface area contributed by atoms with Crippen LogP contribution in [0.15, 0.2) is 34.2 Å². The van der Waals surface area contributed by atoms with Gasteiger partial charge in [0.1, 0.15) is 5.84 Å². The van der Waals surface area contributed by atoms with E-state index >= 15 is 0 Å². The van der Waals surface area contributed by atoms with E-state index in [1.807, 2.05) is 0 Å². The third-order valence-electron chi connectivity index (χ3n) is 6.55. The van der Waals surface area contributed by atoms with Crippen LogP contribution in [0, 0.1) is 11.8 Å². The topological polar surface area (TPSA) is 114 Å². The van der Waals surface area contributed by atoms with Crippen LogP contribution in [0.5, 0.6) is 0 Å². The zero-order chi connectivity index (χ0) is 24.4. The standard InChI is InChI=1S/C25H37N3O5S/c1-2-3-8-19-12-14-20(15-13-19)25(30)33-18-24(29)27-21-9-7-10-22(17-21)34(31,32)28-23-11-5-4-6-16-26-23/h7,9-10,17,19-20H,2-6,8,11-16,18H2,1H3,(H,26,28)(H,27,29). The van der Waals surface area contributed by atoms with Crippen molar-refractivity contribution in [2.45, 2.75) is 82.4 Å². The number of nitrogens with one attached hydrogen (secondary N) is 2. The number of anilines is 1. The minimum atomic E-state index is -3.80. The van der Waals surface area contributed by atoms with E-state index in [0.717, 1.165) is 44.9 Å². The van der Waals surface area contributed by atoms with Gasteiger partial charge in [-0.3, -0.25) is 19.3 Å². The van der Waals surface area contributed by atoms with Gasteiger partial charge in [-0.05, 0) is 62.6 Å². The highest BCUT2D eigenvalue weighted by molar-refractivity contribution is 7.90. The summed E-state index contributed by atoms with van der Waals surface area (Å²) in [7, 11) is -3.80. The van der Waals surface area contributed by atoms with Crippen molar-refractivity contribution in [3.8, 4) is 0 Å². The third-order valence-corrected chi connectivity index (χ3v) is 7.93. The zero-order valence-corrected chi connectivity index (χ0v) is 20.9. The number of nitrogens with zero attached hydrogens (tertiary/aromatic N) is 1. The van der Waals surface area contributed by atoms with E-state index in [1.165, 1.54) is 31.4 Å². The van der Waals surface area contributed by atoms with Gasteiger partial charge in [0, 0.05) is 18.7 Å². The predicted octanol–water partition coefficient (Wildman–Crippen LogP) is 4.42. The molecule has 1 saturated carbocycles. The summed E-state index contributed by atoms with van der Waals surface area (Å²) in [5.41, 5.74) is 0.322. The molecular formula is C25H37N3O5S. The van der Waals surface area contributed by atoms with Crippen molar-refractivity contribution in [3.63, 3.8) is 0 Å². The molecule has 1 aliphatic heterocycles. The van der Waals surface area contributed by atoms with Gasteiger partial charge in [0.05, 0.1) is 10.8 Å². The Balaban J connectivity index is 1.47. The van der Waals surface area contributed by atoms with Crippen molar-refractivity contribution in [3.05, 3.63) is 24.3 Å². The molecule has 0 unspecified atom stereocenters. The van der Waals surface area contributed by atoms with Gasteiger partial charge in [-0.15, -0.1) is 0 Å². The highest BCUT2D eigenvalue weighted by Gasteiger charge is 2.27. The van der Waals surface area contributed by atoms with Crippen LogP contribution in [0.2, 0.25) is 0 Å². The van der Waals surface area contributed by atoms with Crippen LogP contribution in [-0.2, 0) is 24.3 Å². The summed E-state index contributed by atoms with van der Waals surface area (Å²) < 4.78 is 33.3. The second kappa shape index (κ2) is 12.9. The number of carbonyl (C=O) groups is 2. The number of carbonyl (C=O) groups excluding carboxylic acids is 2. The Morgan fingerprint density at radius 1 is 1.12 bits per heavy atom. The third kappa shape index (κ3) is 8.11. The highest BCUT2D eigenvalue weighted by atomic mass is 32.2. The molecule has 9 heteroatoms. The first-order valence-electron chi connectivity index (χ1n) is 12.5. The molecule has 8 nitrogen and oxygen atoms in total. The average molecular weight is 492 g/mol. The minimum absolute atomic E-state index is 0.0362. The number of amides is 1. The van der Waals surface area contributed by atoms with Gasteiger partial charge in [0.25, 0.3) is 15.9 Å². The maximum atomic E-state index is 12.7. The van der Waals surface area contributed by atoms with E-state index in [9.17, 15) is 18.0 Å². The van der Waals surface area contributed by atoms with Gasteiger partial charge in [-0.2, -0.15) is 0 Å². The van der Waals surface area contributed by atoms with Crippen LogP contribution in [0.25, 0.3) is 0 Å². The fraction of sp³-hybridized carbons (Fsp3) is 0.640. The molecule has 1 aliphatic carbocycles. The molecule has 2 aliphatic rings. The Morgan fingerprint density at radius 2 is 1.91 bits per heavy atom. The van der Waals surface area contributed by atoms with Crippen LogP contribution < -0.4 is 10.0 Å². The van der Waals surface area contributed by atoms with Crippen LogP contribution in [-0.4, -0.2) is 39.3 Å². The number of hydrogen-bond acceptors (Lipinski definition) is 6. The summed E-state index contributed by atoms with van der Waals surface area (Å²) >= 11 is 0. The quantitative estimate of drug-likeness (QED) is 0.497. The second-order valence-corrected chi connectivity index (χ2v) is 11.0. The van der Waals surface area contributed by atoms with Crippen molar-refractivity contribution in [1.82, 2.24) is 4.72 Å². The van der Waals surface area contributed by atoms with Crippen LogP contribution >= 0.6 is 0 Å². The number of hydrogen-bond donors (Lipinski definition) is 2. The Kier molecular flexibility index (Phi) is 9.92. The fourth-order valence-corrected chi connectivity index (χ4v) is 5.68. The van der Waals surface area contributed by atoms with E-state index < -0.39 is 15.9 Å². The predicted molar refractivity (Wildman–Crippen MR) is 132 cm³/mol. The lowest BCUT2D eigenvalue weighted by Gasteiger charge is -2.27. The highest BCUT2D eigenvalue weighted by Crippen LogP contribution is 2.32. The van der Waals surface area contributed by atoms with Crippen molar-refractivity contribution >= 4 is 33.4 Å². The van der Waals surface area contributed by atoms with Crippen LogP contribution in [0.3, 0.4) is 0 Å². The lowest BCUT2D eigenvalue weighted by molar-refractivity contribution is -0.152. The van der Waals surface area contributed by atoms with Crippen molar-refractivity contribution in [2.75, 3.05) is 18.5 Å². The summed E-state index contributed by atoms with van der Waals surface area (Å²) in [6.07, 6.45) is 10.8. The zero-order valence-electron chi connectivity index (χ0n) is 20.1. The minimum Gasteiger partial charge on any atom is -0.455 e. The molecule has 0 radical (unpaired) electrons. The Bertz CT molecular complexity index is 969. The summed E-state index contributed by atoms with van der Waals surface area (Å²) in [5.74, 6) is 0.199. The first-order chi connectivity index (χ1) is 16.4. The molecule has 1 heterocycles. The number of sulfonamides is 1. The van der Waals surface area contributed by atoms with Gasteiger partial charge in [-0.1, -0.05) is 38.7 Å². The molecule has 3 rings (SSSR count). The van der Waals surface area contributed by atoms with Gasteiger partial charge < -0.3 is 10.1 Å². The molecule has 1 fully saturated rings. The molecule has 0 saturated heterocycles. The number of unbranched alkanes of at least 4 members (excludes halogenated alkanes) is 1. The lowest BCUT2D eigenvalue weighted by Crippen LogP contribution is -2.30. The number of esters is 1. The molecule has 0 aromatic heterocycles.